The van der Waals surface area contributed by atoms with Crippen LogP contribution < -0.4 is 4.74 Å². The fraction of sp³-hybridized carbons (Fsp3) is 0.318. The Hall–Kier alpha value is -2.55. The van der Waals surface area contributed by atoms with Crippen LogP contribution in [-0.2, 0) is 10.2 Å². The summed E-state index contributed by atoms with van der Waals surface area (Å²) in [5.41, 5.74) is 5.38. The molecule has 0 saturated heterocycles. The molecule has 3 rings (SSSR count). The molecule has 0 spiro atoms. The molecule has 2 aromatic carbocycles. The predicted molar refractivity (Wildman–Crippen MR) is 101 cm³/mol. The maximum absolute atomic E-state index is 11.5. The van der Waals surface area contributed by atoms with Gasteiger partial charge in [-0.25, -0.2) is 4.79 Å². The van der Waals surface area contributed by atoms with Crippen LogP contribution in [0.3, 0.4) is 0 Å². The zero-order valence-corrected chi connectivity index (χ0v) is 15.3. The highest BCUT2D eigenvalue weighted by molar-refractivity contribution is 5.90. The Morgan fingerprint density at radius 1 is 1.20 bits per heavy atom. The number of carbonyl (C=O) groups excluding carboxylic acids is 1. The zero-order chi connectivity index (χ0) is 18.0. The van der Waals surface area contributed by atoms with Gasteiger partial charge in [-0.15, -0.1) is 0 Å². The van der Waals surface area contributed by atoms with E-state index in [4.69, 9.17) is 9.47 Å². The third-order valence-corrected chi connectivity index (χ3v) is 4.86. The van der Waals surface area contributed by atoms with Crippen molar-refractivity contribution < 1.29 is 14.3 Å². The monoisotopic (exact) mass is 338 g/mol. The Morgan fingerprint density at radius 3 is 2.60 bits per heavy atom. The lowest BCUT2D eigenvalue weighted by Gasteiger charge is -2.32. The highest BCUT2D eigenvalue weighted by atomic mass is 16.5. The largest absolute Gasteiger partial charge is 0.493 e. The molecule has 0 aliphatic carbocycles. The van der Waals surface area contributed by atoms with Crippen LogP contribution in [0.25, 0.3) is 11.6 Å². The summed E-state index contributed by atoms with van der Waals surface area (Å²) in [6, 6.07) is 13.9. The average Bonchev–Trinajstić information content (AvgIpc) is 2.61. The fourth-order valence-electron chi connectivity index (χ4n) is 3.15. The first kappa shape index (κ1) is 17.3. The van der Waals surface area contributed by atoms with E-state index >= 15 is 0 Å². The summed E-state index contributed by atoms with van der Waals surface area (Å²) < 4.78 is 10.5. The fourth-order valence-corrected chi connectivity index (χ4v) is 3.15. The van der Waals surface area contributed by atoms with Crippen LogP contribution in [0.5, 0.6) is 5.75 Å². The SMILES string of the molecule is COC(=O)c1ccc(/C=[14C](\C)c2ccc3c(c2)C(C)(C)CCO3)cc1. The van der Waals surface area contributed by atoms with Crippen LogP contribution >= 0.6 is 0 Å². The van der Waals surface area contributed by atoms with Gasteiger partial charge in [-0.05, 0) is 59.7 Å². The van der Waals surface area contributed by atoms with Gasteiger partial charge < -0.3 is 9.47 Å². The molecule has 3 heteroatoms. The van der Waals surface area contributed by atoms with Crippen molar-refractivity contribution in [2.45, 2.75) is 32.6 Å². The van der Waals surface area contributed by atoms with Crippen LogP contribution in [0, 0.1) is 0 Å². The molecule has 130 valence electrons. The van der Waals surface area contributed by atoms with Gasteiger partial charge in [0.15, 0.2) is 0 Å². The molecular formula is C22H24O3. The van der Waals surface area contributed by atoms with Gasteiger partial charge in [0.05, 0.1) is 19.3 Å². The van der Waals surface area contributed by atoms with Crippen molar-refractivity contribution in [3.63, 3.8) is 0 Å². The summed E-state index contributed by atoms with van der Waals surface area (Å²) in [6.45, 7) is 7.42. The van der Waals surface area contributed by atoms with Crippen LogP contribution in [0.1, 0.15) is 54.2 Å². The third kappa shape index (κ3) is 3.60. The van der Waals surface area contributed by atoms with E-state index in [0.717, 1.165) is 24.3 Å². The summed E-state index contributed by atoms with van der Waals surface area (Å²) in [5.74, 6) is 0.680. The van der Waals surface area contributed by atoms with E-state index in [1.807, 2.05) is 12.1 Å². The first-order chi connectivity index (χ1) is 11.9. The Balaban J connectivity index is 1.89. The lowest BCUT2D eigenvalue weighted by atomic mass is 9.79. The quantitative estimate of drug-likeness (QED) is 0.577. The lowest BCUT2D eigenvalue weighted by molar-refractivity contribution is 0.0600. The molecule has 1 heterocycles. The first-order valence-electron chi connectivity index (χ1n) is 8.55. The average molecular weight is 338 g/mol. The molecule has 0 amide bonds. The number of benzene rings is 2. The minimum Gasteiger partial charge on any atom is -0.493 e. The topological polar surface area (TPSA) is 35.5 Å². The van der Waals surface area contributed by atoms with Gasteiger partial charge in [0.2, 0.25) is 0 Å². The minimum atomic E-state index is -0.316. The van der Waals surface area contributed by atoms with Gasteiger partial charge in [-0.3, -0.25) is 0 Å². The summed E-state index contributed by atoms with van der Waals surface area (Å²) in [7, 11) is 1.39. The van der Waals surface area contributed by atoms with E-state index in [-0.39, 0.29) is 11.4 Å². The molecule has 0 atom stereocenters. The highest BCUT2D eigenvalue weighted by Gasteiger charge is 2.28. The molecule has 0 radical (unpaired) electrons. The standard InChI is InChI=1S/C22H24O3/c1-15(13-16-5-7-17(8-6-16)21(23)24-4)18-9-10-20-19(14-18)22(2,3)11-12-25-20/h5-10,13-14H,11-12H2,1-4H3/b15-13+/i15+2. The summed E-state index contributed by atoms with van der Waals surface area (Å²) >= 11 is 0. The molecule has 0 N–H and O–H groups in total. The Morgan fingerprint density at radius 2 is 1.92 bits per heavy atom. The number of allylic oxidation sites excluding steroid dienone is 1. The maximum atomic E-state index is 11.5. The number of fused-ring (bicyclic) bond motifs is 1. The number of methoxy groups -OCH3 is 1. The Labute approximate surface area is 149 Å². The first-order valence-corrected chi connectivity index (χ1v) is 8.55. The van der Waals surface area contributed by atoms with Crippen molar-refractivity contribution in [3.8, 4) is 5.75 Å². The molecule has 3 nitrogen and oxygen atoms in total. The van der Waals surface area contributed by atoms with Crippen LogP contribution in [0.2, 0.25) is 0 Å². The maximum Gasteiger partial charge on any atom is 0.337 e. The summed E-state index contributed by atoms with van der Waals surface area (Å²) in [6.07, 6.45) is 3.15. The number of hydrogen-bond donors (Lipinski definition) is 0. The summed E-state index contributed by atoms with van der Waals surface area (Å²) in [5, 5.41) is 0. The second-order valence-electron chi connectivity index (χ2n) is 7.13. The highest BCUT2D eigenvalue weighted by Crippen LogP contribution is 2.39. The Kier molecular flexibility index (Phi) is 4.67. The molecule has 0 aromatic heterocycles. The van der Waals surface area contributed by atoms with Gasteiger partial charge >= 0.3 is 5.97 Å². The molecule has 1 aliphatic rings. The van der Waals surface area contributed by atoms with Gasteiger partial charge in [0.25, 0.3) is 0 Å². The van der Waals surface area contributed by atoms with E-state index in [1.165, 1.54) is 23.8 Å². The van der Waals surface area contributed by atoms with Crippen molar-refractivity contribution in [2.24, 2.45) is 0 Å². The van der Waals surface area contributed by atoms with Crippen molar-refractivity contribution in [2.75, 3.05) is 13.7 Å². The molecular weight excluding hydrogens is 314 g/mol. The van der Waals surface area contributed by atoms with E-state index in [1.54, 1.807) is 12.1 Å². The molecule has 0 fully saturated rings. The smallest absolute Gasteiger partial charge is 0.337 e. The molecule has 2 aromatic rings. The van der Waals surface area contributed by atoms with Crippen molar-refractivity contribution in [1.82, 2.24) is 0 Å². The van der Waals surface area contributed by atoms with Crippen molar-refractivity contribution in [3.05, 3.63) is 64.7 Å². The predicted octanol–water partition coefficient (Wildman–Crippen LogP) is 5.09. The molecule has 0 bridgehead atoms. The third-order valence-electron chi connectivity index (χ3n) is 4.86. The molecule has 1 aliphatic heterocycles. The number of hydrogen-bond acceptors (Lipinski definition) is 3. The number of ether oxygens (including phenoxy) is 2. The second kappa shape index (κ2) is 6.75. The number of esters is 1. The van der Waals surface area contributed by atoms with Crippen molar-refractivity contribution in [1.29, 1.82) is 0 Å². The second-order valence-corrected chi connectivity index (χ2v) is 7.13. The van der Waals surface area contributed by atoms with Gasteiger partial charge in [0.1, 0.15) is 5.75 Å². The van der Waals surface area contributed by atoms with E-state index in [9.17, 15) is 4.79 Å². The zero-order valence-electron chi connectivity index (χ0n) is 15.3. The van der Waals surface area contributed by atoms with E-state index < -0.39 is 0 Å². The van der Waals surface area contributed by atoms with Crippen LogP contribution in [-0.4, -0.2) is 19.7 Å². The molecule has 0 unspecified atom stereocenters. The summed E-state index contributed by atoms with van der Waals surface area (Å²) in [4.78, 5) is 11.5. The van der Waals surface area contributed by atoms with Crippen LogP contribution in [0.4, 0.5) is 0 Å². The van der Waals surface area contributed by atoms with E-state index in [0.29, 0.717) is 5.56 Å². The van der Waals surface area contributed by atoms with Crippen LogP contribution in [0.15, 0.2) is 42.5 Å². The molecule has 25 heavy (non-hydrogen) atoms. The Bertz CT molecular complexity index is 814. The van der Waals surface area contributed by atoms with E-state index in [2.05, 4.69) is 45.0 Å². The lowest BCUT2D eigenvalue weighted by Crippen LogP contribution is -2.26. The normalized spacial score (nSPS) is 15.9. The minimum absolute atomic E-state index is 0.131. The number of rotatable bonds is 3. The van der Waals surface area contributed by atoms with Gasteiger partial charge in [-0.1, -0.05) is 38.1 Å². The van der Waals surface area contributed by atoms with Crippen molar-refractivity contribution >= 4 is 17.6 Å². The van der Waals surface area contributed by atoms with Gasteiger partial charge in [-0.2, -0.15) is 0 Å². The number of carbonyl (C=O) groups is 1. The molecule has 0 saturated carbocycles. The van der Waals surface area contributed by atoms with Gasteiger partial charge in [0, 0.05) is 5.56 Å².